The Hall–Kier alpha value is -3.95. The number of carbonyl (C=O) groups excluding carboxylic acids is 1. The number of aromatic nitrogens is 3. The molecule has 11 nitrogen and oxygen atoms in total. The number of carbonyl (C=O) groups is 1. The Kier molecular flexibility index (Phi) is 8.47. The van der Waals surface area contributed by atoms with E-state index in [-0.39, 0.29) is 12.0 Å². The average molecular weight is 657 g/mol. The number of aryl methyl sites for hydroxylation is 1. The summed E-state index contributed by atoms with van der Waals surface area (Å²) in [7, 11) is 2.22. The third kappa shape index (κ3) is 6.00. The van der Waals surface area contributed by atoms with Gasteiger partial charge in [0.25, 0.3) is 0 Å². The molecule has 3 aromatic heterocycles. The van der Waals surface area contributed by atoms with Crippen molar-refractivity contribution in [2.75, 3.05) is 56.9 Å². The zero-order chi connectivity index (χ0) is 32.8. The molecule has 2 N–H and O–H groups in total. The van der Waals surface area contributed by atoms with Crippen LogP contribution >= 0.6 is 11.3 Å². The van der Waals surface area contributed by atoms with E-state index in [4.69, 9.17) is 25.0 Å². The van der Waals surface area contributed by atoms with Gasteiger partial charge in [-0.3, -0.25) is 4.79 Å². The van der Waals surface area contributed by atoms with Crippen LogP contribution in [0.4, 0.5) is 10.8 Å². The third-order valence-corrected chi connectivity index (χ3v) is 12.2. The van der Waals surface area contributed by atoms with Gasteiger partial charge in [-0.1, -0.05) is 11.7 Å². The fourth-order valence-corrected chi connectivity index (χ4v) is 9.21. The van der Waals surface area contributed by atoms with Gasteiger partial charge < -0.3 is 29.7 Å². The molecule has 1 atom stereocenters. The molecule has 6 heterocycles. The lowest BCUT2D eigenvalue weighted by atomic mass is 9.71. The minimum atomic E-state index is -0.610. The summed E-state index contributed by atoms with van der Waals surface area (Å²) in [5.74, 6) is 2.40. The minimum Gasteiger partial charge on any atom is -0.490 e. The van der Waals surface area contributed by atoms with E-state index in [0.717, 1.165) is 87.4 Å². The monoisotopic (exact) mass is 656 g/mol. The van der Waals surface area contributed by atoms with Gasteiger partial charge in [0.05, 0.1) is 11.0 Å². The van der Waals surface area contributed by atoms with E-state index in [9.17, 15) is 10.1 Å². The molecule has 3 aromatic rings. The van der Waals surface area contributed by atoms with Gasteiger partial charge in [0.15, 0.2) is 0 Å². The lowest BCUT2D eigenvalue weighted by Gasteiger charge is -2.46. The highest BCUT2D eigenvalue weighted by atomic mass is 32.1. The van der Waals surface area contributed by atoms with Crippen LogP contribution in [-0.2, 0) is 16.6 Å². The number of fused-ring (bicyclic) bond motifs is 1. The molecule has 3 saturated heterocycles. The smallest absolute Gasteiger partial charge is 0.245 e. The molecule has 1 unspecified atom stereocenters. The minimum absolute atomic E-state index is 0.0235. The predicted molar refractivity (Wildman–Crippen MR) is 181 cm³/mol. The number of nitriles is 1. The molecule has 3 aliphatic heterocycles. The van der Waals surface area contributed by atoms with Crippen LogP contribution in [-0.4, -0.2) is 83.3 Å². The summed E-state index contributed by atoms with van der Waals surface area (Å²) in [6.45, 7) is 11.2. The van der Waals surface area contributed by atoms with Crippen molar-refractivity contribution in [3.63, 3.8) is 0 Å². The van der Waals surface area contributed by atoms with E-state index in [1.165, 1.54) is 30.3 Å². The van der Waals surface area contributed by atoms with E-state index in [0.29, 0.717) is 52.2 Å². The number of ether oxygens (including phenoxy) is 1. The molecule has 0 aromatic carbocycles. The van der Waals surface area contributed by atoms with Crippen molar-refractivity contribution in [2.24, 2.45) is 5.41 Å². The van der Waals surface area contributed by atoms with Crippen LogP contribution in [0.25, 0.3) is 11.5 Å². The van der Waals surface area contributed by atoms with Gasteiger partial charge in [-0.15, -0.1) is 11.3 Å². The molecule has 0 bridgehead atoms. The zero-order valence-electron chi connectivity index (χ0n) is 27.5. The lowest BCUT2D eigenvalue weighted by molar-refractivity contribution is -0.127. The van der Waals surface area contributed by atoms with E-state index in [2.05, 4.69) is 41.6 Å². The maximum absolute atomic E-state index is 12.1. The second-order valence-corrected chi connectivity index (χ2v) is 15.2. The number of rotatable bonds is 6. The summed E-state index contributed by atoms with van der Waals surface area (Å²) < 4.78 is 12.6. The Morgan fingerprint density at radius 1 is 1.13 bits per heavy atom. The van der Waals surface area contributed by atoms with Crippen LogP contribution in [0.2, 0.25) is 0 Å². The zero-order valence-corrected chi connectivity index (χ0v) is 28.3. The molecule has 248 valence electrons. The number of thiophene rings is 1. The number of likely N-dealkylation sites (tertiary alicyclic amines) is 2. The quantitative estimate of drug-likeness (QED) is 0.354. The number of hydrogen-bond donors (Lipinski definition) is 1. The maximum atomic E-state index is 12.1. The van der Waals surface area contributed by atoms with Crippen LogP contribution < -0.4 is 15.4 Å². The second-order valence-electron chi connectivity index (χ2n) is 14.0. The van der Waals surface area contributed by atoms with Crippen molar-refractivity contribution in [1.29, 1.82) is 5.26 Å². The summed E-state index contributed by atoms with van der Waals surface area (Å²) in [5.41, 5.74) is 8.11. The standard InChI is InChI=1S/C35H44N8O3S/c1-4-29(44)43-14-7-23(8-15-43)45-24-20-26(38-28(21-24)42-18-12-35(13-19-42)10-16-41(3)17-11-35)32-39-33(46-40-32)34(2)9-5-6-27-30(34)25(22-36)31(37)47-27/h4,20-21,23H,1,5-19,37H2,2-3H3. The number of nitrogens with two attached hydrogens (primary N) is 1. The third-order valence-electron chi connectivity index (χ3n) is 11.1. The molecule has 7 rings (SSSR count). The number of pyridine rings is 1. The highest BCUT2D eigenvalue weighted by Gasteiger charge is 2.43. The number of amides is 1. The van der Waals surface area contributed by atoms with Crippen LogP contribution in [0.1, 0.15) is 80.2 Å². The first kappa shape index (κ1) is 31.6. The second kappa shape index (κ2) is 12.6. The highest BCUT2D eigenvalue weighted by molar-refractivity contribution is 7.16. The van der Waals surface area contributed by atoms with E-state index < -0.39 is 5.41 Å². The van der Waals surface area contributed by atoms with Gasteiger partial charge in [0.2, 0.25) is 17.6 Å². The first-order valence-corrected chi connectivity index (χ1v) is 17.7. The molecule has 1 aliphatic carbocycles. The summed E-state index contributed by atoms with van der Waals surface area (Å²) in [6.07, 6.45) is 10.3. The van der Waals surface area contributed by atoms with Crippen molar-refractivity contribution in [1.82, 2.24) is 24.9 Å². The summed E-state index contributed by atoms with van der Waals surface area (Å²) in [6, 6.07) is 6.27. The Morgan fingerprint density at radius 3 is 2.55 bits per heavy atom. The number of piperidine rings is 3. The molecule has 1 amide bonds. The van der Waals surface area contributed by atoms with Gasteiger partial charge in [0, 0.05) is 61.6 Å². The Morgan fingerprint density at radius 2 is 1.85 bits per heavy atom. The van der Waals surface area contributed by atoms with E-state index >= 15 is 0 Å². The number of nitrogen functional groups attached to an aromatic ring is 1. The largest absolute Gasteiger partial charge is 0.490 e. The lowest BCUT2D eigenvalue weighted by Crippen LogP contribution is -2.46. The Balaban J connectivity index is 1.18. The molecule has 47 heavy (non-hydrogen) atoms. The molecule has 1 spiro atoms. The molecule has 0 saturated carbocycles. The van der Waals surface area contributed by atoms with Gasteiger partial charge in [-0.05, 0) is 83.5 Å². The molecule has 3 fully saturated rings. The topological polar surface area (TPSA) is 138 Å². The van der Waals surface area contributed by atoms with Crippen molar-refractivity contribution < 1.29 is 14.1 Å². The molecular weight excluding hydrogens is 613 g/mol. The van der Waals surface area contributed by atoms with Crippen LogP contribution in [0, 0.1) is 16.7 Å². The predicted octanol–water partition coefficient (Wildman–Crippen LogP) is 5.16. The van der Waals surface area contributed by atoms with Crippen molar-refractivity contribution in [3.8, 4) is 23.3 Å². The fraction of sp³-hybridized carbons (Fsp3) is 0.571. The number of nitrogens with zero attached hydrogens (tertiary/aromatic N) is 7. The van der Waals surface area contributed by atoms with Gasteiger partial charge in [0.1, 0.15) is 34.4 Å². The Bertz CT molecular complexity index is 1680. The number of anilines is 2. The molecule has 0 radical (unpaired) electrons. The Labute approximate surface area is 280 Å². The van der Waals surface area contributed by atoms with E-state index in [1.54, 1.807) is 0 Å². The van der Waals surface area contributed by atoms with Gasteiger partial charge >= 0.3 is 0 Å². The van der Waals surface area contributed by atoms with Gasteiger partial charge in [-0.25, -0.2) is 4.98 Å². The van der Waals surface area contributed by atoms with Crippen molar-refractivity contribution in [2.45, 2.75) is 76.2 Å². The SMILES string of the molecule is C=CC(=O)N1CCC(Oc2cc(-c3noc(C4(C)CCCc5sc(N)c(C#N)c54)n3)nc(N3CCC4(CCN(C)CC4)CC3)c2)CC1. The normalized spacial score (nSPS) is 23.3. The summed E-state index contributed by atoms with van der Waals surface area (Å²) >= 11 is 1.49. The van der Waals surface area contributed by atoms with Crippen LogP contribution in [0.3, 0.4) is 0 Å². The average Bonchev–Trinajstić information content (AvgIpc) is 3.72. The summed E-state index contributed by atoms with van der Waals surface area (Å²) in [5, 5.41) is 14.9. The van der Waals surface area contributed by atoms with Crippen molar-refractivity contribution in [3.05, 3.63) is 46.7 Å². The molecular formula is C35H44N8O3S. The number of hydrogen-bond acceptors (Lipinski definition) is 11. The maximum Gasteiger partial charge on any atom is 0.245 e. The van der Waals surface area contributed by atoms with Crippen LogP contribution in [0.15, 0.2) is 29.3 Å². The molecule has 12 heteroatoms. The first-order chi connectivity index (χ1) is 22.7. The van der Waals surface area contributed by atoms with Crippen molar-refractivity contribution >= 4 is 28.1 Å². The highest BCUT2D eigenvalue weighted by Crippen LogP contribution is 2.49. The van der Waals surface area contributed by atoms with E-state index in [1.807, 2.05) is 17.0 Å². The summed E-state index contributed by atoms with van der Waals surface area (Å²) in [4.78, 5) is 29.9. The molecule has 4 aliphatic rings. The van der Waals surface area contributed by atoms with Crippen LogP contribution in [0.5, 0.6) is 5.75 Å². The fourth-order valence-electron chi connectivity index (χ4n) is 8.02. The first-order valence-electron chi connectivity index (χ1n) is 16.9. The van der Waals surface area contributed by atoms with Gasteiger partial charge in [-0.2, -0.15) is 10.2 Å².